The highest BCUT2D eigenvalue weighted by atomic mass is 35.5. The third-order valence-electron chi connectivity index (χ3n) is 3.74. The molecule has 0 aliphatic rings. The Morgan fingerprint density at radius 3 is 2.83 bits per heavy atom. The van der Waals surface area contributed by atoms with Crippen molar-refractivity contribution in [1.29, 1.82) is 0 Å². The van der Waals surface area contributed by atoms with E-state index in [0.29, 0.717) is 29.7 Å². The minimum atomic E-state index is -0.516. The molecular weight excluding hydrogens is 334 g/mol. The van der Waals surface area contributed by atoms with Gasteiger partial charge >= 0.3 is 5.63 Å². The number of phenols is 1. The van der Waals surface area contributed by atoms with E-state index in [2.05, 4.69) is 5.32 Å². The molecule has 0 spiro atoms. The van der Waals surface area contributed by atoms with Crippen molar-refractivity contribution in [3.8, 4) is 5.75 Å². The van der Waals surface area contributed by atoms with Crippen LogP contribution in [-0.2, 0) is 6.54 Å². The van der Waals surface area contributed by atoms with Crippen LogP contribution < -0.4 is 10.9 Å². The fourth-order valence-electron chi connectivity index (χ4n) is 2.58. The van der Waals surface area contributed by atoms with Gasteiger partial charge in [0.25, 0.3) is 0 Å². The minimum absolute atomic E-state index is 0.00422. The standard InChI is InChI=1S/C17H16ClNO5/c18-12-7-11-10(6-17(22)24-16(11)8-14(12)21)9-19-13(3-4-20)15-2-1-5-23-15/h1-2,5-8,13,19-21H,3-4,9H2/t13-/m0/s1. The number of aliphatic hydroxyl groups excluding tert-OH is 1. The normalized spacial score (nSPS) is 12.6. The number of aliphatic hydroxyl groups is 1. The third-order valence-corrected chi connectivity index (χ3v) is 4.04. The maximum atomic E-state index is 11.7. The molecule has 0 amide bonds. The highest BCUT2D eigenvalue weighted by Crippen LogP contribution is 2.30. The van der Waals surface area contributed by atoms with Gasteiger partial charge < -0.3 is 24.4 Å². The smallest absolute Gasteiger partial charge is 0.336 e. The molecular formula is C17H16ClNO5. The molecule has 3 N–H and O–H groups in total. The van der Waals surface area contributed by atoms with E-state index in [-0.39, 0.29) is 29.0 Å². The Bertz CT molecular complexity index is 888. The van der Waals surface area contributed by atoms with Crippen molar-refractivity contribution in [3.05, 3.63) is 63.4 Å². The number of benzene rings is 1. The fraction of sp³-hybridized carbons (Fsp3) is 0.235. The van der Waals surface area contributed by atoms with E-state index >= 15 is 0 Å². The van der Waals surface area contributed by atoms with Gasteiger partial charge in [0.1, 0.15) is 17.1 Å². The van der Waals surface area contributed by atoms with Crippen molar-refractivity contribution in [3.63, 3.8) is 0 Å². The molecule has 7 heteroatoms. The number of hydrogen-bond donors (Lipinski definition) is 3. The van der Waals surface area contributed by atoms with Crippen LogP contribution in [0.2, 0.25) is 5.02 Å². The average molecular weight is 350 g/mol. The van der Waals surface area contributed by atoms with Gasteiger partial charge in [-0.15, -0.1) is 0 Å². The van der Waals surface area contributed by atoms with Crippen molar-refractivity contribution in [2.75, 3.05) is 6.61 Å². The first-order valence-corrected chi connectivity index (χ1v) is 7.79. The summed E-state index contributed by atoms with van der Waals surface area (Å²) in [7, 11) is 0. The molecule has 0 fully saturated rings. The molecule has 0 saturated heterocycles. The average Bonchev–Trinajstić information content (AvgIpc) is 3.07. The minimum Gasteiger partial charge on any atom is -0.506 e. The number of furan rings is 1. The van der Waals surface area contributed by atoms with Gasteiger partial charge in [-0.1, -0.05) is 11.6 Å². The molecule has 1 aromatic carbocycles. The predicted molar refractivity (Wildman–Crippen MR) is 89.2 cm³/mol. The van der Waals surface area contributed by atoms with Crippen molar-refractivity contribution in [1.82, 2.24) is 5.32 Å². The zero-order valence-electron chi connectivity index (χ0n) is 12.7. The molecule has 6 nitrogen and oxygen atoms in total. The van der Waals surface area contributed by atoms with Crippen LogP contribution in [0.15, 0.2) is 50.2 Å². The van der Waals surface area contributed by atoms with Crippen molar-refractivity contribution in [2.24, 2.45) is 0 Å². The maximum absolute atomic E-state index is 11.7. The van der Waals surface area contributed by atoms with Crippen LogP contribution in [0.4, 0.5) is 0 Å². The molecule has 1 atom stereocenters. The Balaban J connectivity index is 1.91. The van der Waals surface area contributed by atoms with Gasteiger partial charge in [-0.25, -0.2) is 4.79 Å². The molecule has 24 heavy (non-hydrogen) atoms. The van der Waals surface area contributed by atoms with Gasteiger partial charge in [0.2, 0.25) is 0 Å². The summed E-state index contributed by atoms with van der Waals surface area (Å²) in [6.07, 6.45) is 2.03. The van der Waals surface area contributed by atoms with Crippen LogP contribution in [0, 0.1) is 0 Å². The van der Waals surface area contributed by atoms with Crippen LogP contribution >= 0.6 is 11.6 Å². The number of nitrogens with one attached hydrogen (secondary N) is 1. The van der Waals surface area contributed by atoms with Crippen molar-refractivity contribution < 1.29 is 19.0 Å². The number of rotatable bonds is 6. The summed E-state index contributed by atoms with van der Waals surface area (Å²) in [6, 6.07) is 7.65. The summed E-state index contributed by atoms with van der Waals surface area (Å²) < 4.78 is 10.5. The number of aromatic hydroxyl groups is 1. The van der Waals surface area contributed by atoms with E-state index < -0.39 is 5.63 Å². The molecule has 0 aliphatic heterocycles. The van der Waals surface area contributed by atoms with Crippen LogP contribution in [0.25, 0.3) is 11.0 Å². The summed E-state index contributed by atoms with van der Waals surface area (Å²) in [4.78, 5) is 11.7. The summed E-state index contributed by atoms with van der Waals surface area (Å²) in [6.45, 7) is 0.338. The SMILES string of the molecule is O=c1cc(CN[C@@H](CCO)c2ccco2)c2cc(Cl)c(O)cc2o1. The van der Waals surface area contributed by atoms with Gasteiger partial charge in [-0.2, -0.15) is 0 Å². The summed E-state index contributed by atoms with van der Waals surface area (Å²) >= 11 is 5.95. The number of hydrogen-bond acceptors (Lipinski definition) is 6. The number of halogens is 1. The first-order chi connectivity index (χ1) is 11.6. The summed E-state index contributed by atoms with van der Waals surface area (Å²) in [5.74, 6) is 0.554. The summed E-state index contributed by atoms with van der Waals surface area (Å²) in [5.41, 5.74) is 0.424. The molecule has 126 valence electrons. The molecule has 0 saturated carbocycles. The lowest BCUT2D eigenvalue weighted by Crippen LogP contribution is -2.22. The quantitative estimate of drug-likeness (QED) is 0.592. The predicted octanol–water partition coefficient (Wildman–Crippen LogP) is 2.96. The second-order valence-electron chi connectivity index (χ2n) is 5.35. The molecule has 3 rings (SSSR count). The first-order valence-electron chi connectivity index (χ1n) is 7.41. The van der Waals surface area contributed by atoms with Crippen molar-refractivity contribution >= 4 is 22.6 Å². The van der Waals surface area contributed by atoms with Gasteiger partial charge in [-0.05, 0) is 30.2 Å². The van der Waals surface area contributed by atoms with E-state index in [1.807, 2.05) is 6.07 Å². The molecule has 2 heterocycles. The van der Waals surface area contributed by atoms with Crippen LogP contribution in [0.3, 0.4) is 0 Å². The topological polar surface area (TPSA) is 95.8 Å². The van der Waals surface area contributed by atoms with Gasteiger partial charge in [0, 0.05) is 30.7 Å². The highest BCUT2D eigenvalue weighted by Gasteiger charge is 2.15. The van der Waals surface area contributed by atoms with E-state index in [1.54, 1.807) is 18.4 Å². The Kier molecular flexibility index (Phi) is 4.89. The first kappa shape index (κ1) is 16.6. The fourth-order valence-corrected chi connectivity index (χ4v) is 2.74. The van der Waals surface area contributed by atoms with Gasteiger partial charge in [0.15, 0.2) is 0 Å². The lowest BCUT2D eigenvalue weighted by atomic mass is 10.1. The van der Waals surface area contributed by atoms with Crippen molar-refractivity contribution in [2.45, 2.75) is 19.0 Å². The molecule has 2 aromatic heterocycles. The molecule has 3 aromatic rings. The number of fused-ring (bicyclic) bond motifs is 1. The molecule has 0 bridgehead atoms. The van der Waals surface area contributed by atoms with Gasteiger partial charge in [-0.3, -0.25) is 0 Å². The van der Waals surface area contributed by atoms with Crippen LogP contribution in [-0.4, -0.2) is 16.8 Å². The summed E-state index contributed by atoms with van der Waals surface area (Å²) in [5, 5.41) is 22.9. The second-order valence-corrected chi connectivity index (χ2v) is 5.76. The number of phenolic OH excluding ortho intramolecular Hbond substituents is 1. The Morgan fingerprint density at radius 2 is 2.12 bits per heavy atom. The molecule has 0 radical (unpaired) electrons. The second kappa shape index (κ2) is 7.09. The Hall–Kier alpha value is -2.28. The molecule has 0 unspecified atom stereocenters. The highest BCUT2D eigenvalue weighted by molar-refractivity contribution is 6.32. The van der Waals surface area contributed by atoms with Crippen LogP contribution in [0.1, 0.15) is 23.8 Å². The monoisotopic (exact) mass is 349 g/mol. The zero-order chi connectivity index (χ0) is 17.1. The lowest BCUT2D eigenvalue weighted by molar-refractivity contribution is 0.254. The van der Waals surface area contributed by atoms with E-state index in [1.165, 1.54) is 12.1 Å². The van der Waals surface area contributed by atoms with E-state index in [9.17, 15) is 15.0 Å². The maximum Gasteiger partial charge on any atom is 0.336 e. The van der Waals surface area contributed by atoms with Gasteiger partial charge in [0.05, 0.1) is 17.3 Å². The van der Waals surface area contributed by atoms with Crippen LogP contribution in [0.5, 0.6) is 5.75 Å². The lowest BCUT2D eigenvalue weighted by Gasteiger charge is -2.16. The van der Waals surface area contributed by atoms with E-state index in [4.69, 9.17) is 20.4 Å². The largest absolute Gasteiger partial charge is 0.506 e. The Labute approximate surface area is 142 Å². The third kappa shape index (κ3) is 3.46. The Morgan fingerprint density at radius 1 is 1.29 bits per heavy atom. The molecule has 0 aliphatic carbocycles. The van der Waals surface area contributed by atoms with E-state index in [0.717, 1.165) is 0 Å². The zero-order valence-corrected chi connectivity index (χ0v) is 13.4.